The predicted molar refractivity (Wildman–Crippen MR) is 97.2 cm³/mol. The molecule has 0 saturated carbocycles. The first-order valence-corrected chi connectivity index (χ1v) is 9.45. The van der Waals surface area contributed by atoms with E-state index in [2.05, 4.69) is 5.32 Å². The van der Waals surface area contributed by atoms with Crippen LogP contribution in [0.1, 0.15) is 18.4 Å². The Kier molecular flexibility index (Phi) is 5.04. The monoisotopic (exact) mass is 390 g/mol. The first-order chi connectivity index (χ1) is 13.1. The summed E-state index contributed by atoms with van der Waals surface area (Å²) in [6.45, 7) is 0.961. The summed E-state index contributed by atoms with van der Waals surface area (Å²) in [5, 5.41) is 2.26. The number of carbonyl (C=O) groups is 3. The van der Waals surface area contributed by atoms with Crippen molar-refractivity contribution >= 4 is 34.9 Å². The molecule has 0 unspecified atom stereocenters. The minimum atomic E-state index is -0.477. The Morgan fingerprint density at radius 1 is 1.30 bits per heavy atom. The number of carbonyl (C=O) groups excluding carboxylic acids is 3. The van der Waals surface area contributed by atoms with Gasteiger partial charge in [-0.1, -0.05) is 6.07 Å². The molecular formula is C18H18N2O6S. The van der Waals surface area contributed by atoms with Crippen molar-refractivity contribution in [3.8, 4) is 11.5 Å². The number of nitrogens with zero attached hydrogens (tertiary/aromatic N) is 1. The third-order valence-electron chi connectivity index (χ3n) is 4.42. The Morgan fingerprint density at radius 3 is 2.96 bits per heavy atom. The molecule has 2 saturated heterocycles. The zero-order valence-corrected chi connectivity index (χ0v) is 15.3. The first kappa shape index (κ1) is 17.9. The highest BCUT2D eigenvalue weighted by atomic mass is 32.2. The van der Waals surface area contributed by atoms with E-state index in [0.717, 1.165) is 29.5 Å². The van der Waals surface area contributed by atoms with E-state index in [4.69, 9.17) is 14.2 Å². The van der Waals surface area contributed by atoms with Crippen LogP contribution in [-0.2, 0) is 14.3 Å². The number of benzene rings is 1. The molecule has 27 heavy (non-hydrogen) atoms. The fourth-order valence-electron chi connectivity index (χ4n) is 3.02. The number of rotatable bonds is 5. The fraction of sp³-hybridized carbons (Fsp3) is 0.389. The molecule has 3 heterocycles. The molecule has 1 atom stereocenters. The van der Waals surface area contributed by atoms with Gasteiger partial charge in [0, 0.05) is 13.2 Å². The van der Waals surface area contributed by atoms with Gasteiger partial charge in [0.25, 0.3) is 11.1 Å². The highest BCUT2D eigenvalue weighted by Gasteiger charge is 2.36. The number of thioether (sulfide) groups is 1. The van der Waals surface area contributed by atoms with E-state index >= 15 is 0 Å². The standard InChI is InChI=1S/C18H18N2O6S/c21-16(19-8-12-2-1-5-24-12)9-20-17(22)15(27-18(20)23)7-11-3-4-13-14(6-11)26-10-25-13/h3-4,6-7,12H,1-2,5,8-10H2,(H,19,21)/b15-7-/t12-/m0/s1. The van der Waals surface area contributed by atoms with Gasteiger partial charge >= 0.3 is 0 Å². The van der Waals surface area contributed by atoms with Crippen LogP contribution in [0.5, 0.6) is 11.5 Å². The summed E-state index contributed by atoms with van der Waals surface area (Å²) in [4.78, 5) is 37.9. The summed E-state index contributed by atoms with van der Waals surface area (Å²) in [7, 11) is 0. The van der Waals surface area contributed by atoms with Gasteiger partial charge < -0.3 is 19.5 Å². The summed E-state index contributed by atoms with van der Waals surface area (Å²) in [5.74, 6) is 0.381. The van der Waals surface area contributed by atoms with Crippen LogP contribution in [0.15, 0.2) is 23.1 Å². The Labute approximate surface area is 159 Å². The van der Waals surface area contributed by atoms with Crippen LogP contribution in [0.2, 0.25) is 0 Å². The highest BCUT2D eigenvalue weighted by Crippen LogP contribution is 2.36. The van der Waals surface area contributed by atoms with E-state index < -0.39 is 11.1 Å². The van der Waals surface area contributed by atoms with Crippen molar-refractivity contribution in [3.63, 3.8) is 0 Å². The second-order valence-electron chi connectivity index (χ2n) is 6.32. The van der Waals surface area contributed by atoms with Crippen LogP contribution >= 0.6 is 11.8 Å². The number of hydrogen-bond acceptors (Lipinski definition) is 7. The molecule has 1 aromatic carbocycles. The molecule has 0 aromatic heterocycles. The van der Waals surface area contributed by atoms with Crippen molar-refractivity contribution in [2.75, 3.05) is 26.5 Å². The smallest absolute Gasteiger partial charge is 0.294 e. The van der Waals surface area contributed by atoms with E-state index in [-0.39, 0.29) is 30.3 Å². The number of hydrogen-bond donors (Lipinski definition) is 1. The highest BCUT2D eigenvalue weighted by molar-refractivity contribution is 8.18. The maximum absolute atomic E-state index is 12.5. The first-order valence-electron chi connectivity index (χ1n) is 8.63. The summed E-state index contributed by atoms with van der Waals surface area (Å²) < 4.78 is 16.0. The third kappa shape index (κ3) is 3.93. The molecule has 8 nitrogen and oxygen atoms in total. The van der Waals surface area contributed by atoms with Gasteiger partial charge in [0.15, 0.2) is 11.5 Å². The van der Waals surface area contributed by atoms with E-state index in [1.165, 1.54) is 0 Å². The Hall–Kier alpha value is -2.52. The number of fused-ring (bicyclic) bond motifs is 1. The summed E-state index contributed by atoms with van der Waals surface area (Å²) >= 11 is 0.817. The van der Waals surface area contributed by atoms with Gasteiger partial charge in [-0.3, -0.25) is 19.3 Å². The van der Waals surface area contributed by atoms with Gasteiger partial charge in [-0.05, 0) is 48.4 Å². The van der Waals surface area contributed by atoms with Crippen molar-refractivity contribution in [2.24, 2.45) is 0 Å². The molecule has 0 bridgehead atoms. The Morgan fingerprint density at radius 2 is 2.15 bits per heavy atom. The predicted octanol–water partition coefficient (Wildman–Crippen LogP) is 1.75. The Balaban J connectivity index is 1.38. The lowest BCUT2D eigenvalue weighted by Crippen LogP contribution is -2.41. The van der Waals surface area contributed by atoms with Gasteiger partial charge in [0.05, 0.1) is 11.0 Å². The SMILES string of the molecule is O=C(CN1C(=O)S/C(=C\c2ccc3c(c2)OCO3)C1=O)NC[C@@H]1CCCO1. The summed E-state index contributed by atoms with van der Waals surface area (Å²) in [6.07, 6.45) is 3.50. The zero-order valence-electron chi connectivity index (χ0n) is 14.4. The van der Waals surface area contributed by atoms with Crippen molar-refractivity contribution < 1.29 is 28.6 Å². The lowest BCUT2D eigenvalue weighted by atomic mass is 10.2. The average molecular weight is 390 g/mol. The van der Waals surface area contributed by atoms with Crippen LogP contribution in [0, 0.1) is 0 Å². The van der Waals surface area contributed by atoms with Crippen molar-refractivity contribution in [3.05, 3.63) is 28.7 Å². The molecule has 0 radical (unpaired) electrons. The van der Waals surface area contributed by atoms with Gasteiger partial charge in [-0.25, -0.2) is 0 Å². The minimum Gasteiger partial charge on any atom is -0.454 e. The quantitative estimate of drug-likeness (QED) is 0.766. The van der Waals surface area contributed by atoms with Crippen LogP contribution < -0.4 is 14.8 Å². The number of imide groups is 1. The van der Waals surface area contributed by atoms with E-state index in [1.807, 2.05) is 0 Å². The normalized spacial score (nSPS) is 22.7. The summed E-state index contributed by atoms with van der Waals surface area (Å²) in [5.41, 5.74) is 0.715. The molecular weight excluding hydrogens is 372 g/mol. The van der Waals surface area contributed by atoms with Crippen molar-refractivity contribution in [1.82, 2.24) is 10.2 Å². The molecule has 9 heteroatoms. The van der Waals surface area contributed by atoms with Crippen molar-refractivity contribution in [2.45, 2.75) is 18.9 Å². The van der Waals surface area contributed by atoms with Crippen molar-refractivity contribution in [1.29, 1.82) is 0 Å². The molecule has 2 fully saturated rings. The fourth-order valence-corrected chi connectivity index (χ4v) is 3.86. The van der Waals surface area contributed by atoms with Gasteiger partial charge in [0.1, 0.15) is 6.54 Å². The second kappa shape index (κ2) is 7.61. The van der Waals surface area contributed by atoms with Crippen LogP contribution in [0.3, 0.4) is 0 Å². The van der Waals surface area contributed by atoms with Gasteiger partial charge in [-0.2, -0.15) is 0 Å². The topological polar surface area (TPSA) is 94.2 Å². The zero-order chi connectivity index (χ0) is 18.8. The van der Waals surface area contributed by atoms with E-state index in [9.17, 15) is 14.4 Å². The molecule has 0 aliphatic carbocycles. The maximum atomic E-state index is 12.5. The molecule has 3 aliphatic heterocycles. The number of amides is 3. The molecule has 0 spiro atoms. The molecule has 4 rings (SSSR count). The third-order valence-corrected chi connectivity index (χ3v) is 5.33. The number of ether oxygens (including phenoxy) is 3. The van der Waals surface area contributed by atoms with E-state index in [1.54, 1.807) is 24.3 Å². The maximum Gasteiger partial charge on any atom is 0.294 e. The van der Waals surface area contributed by atoms with Gasteiger partial charge in [-0.15, -0.1) is 0 Å². The second-order valence-corrected chi connectivity index (χ2v) is 7.31. The average Bonchev–Trinajstić information content (AvgIpc) is 3.38. The molecule has 3 amide bonds. The van der Waals surface area contributed by atoms with E-state index in [0.29, 0.717) is 30.2 Å². The largest absolute Gasteiger partial charge is 0.454 e. The lowest BCUT2D eigenvalue weighted by molar-refractivity contribution is -0.129. The molecule has 1 aromatic rings. The lowest BCUT2D eigenvalue weighted by Gasteiger charge is -2.14. The van der Waals surface area contributed by atoms with Crippen LogP contribution in [0.4, 0.5) is 4.79 Å². The molecule has 1 N–H and O–H groups in total. The van der Waals surface area contributed by atoms with Crippen LogP contribution in [-0.4, -0.2) is 54.5 Å². The molecule has 3 aliphatic rings. The summed E-state index contributed by atoms with van der Waals surface area (Å²) in [6, 6.07) is 5.26. The van der Waals surface area contributed by atoms with Gasteiger partial charge in [0.2, 0.25) is 12.7 Å². The number of nitrogens with one attached hydrogen (secondary N) is 1. The Bertz CT molecular complexity index is 818. The van der Waals surface area contributed by atoms with Crippen LogP contribution in [0.25, 0.3) is 6.08 Å². The molecule has 142 valence electrons. The minimum absolute atomic E-state index is 0.00905.